The number of methoxy groups -OCH3 is 1. The Labute approximate surface area is 116 Å². The molecule has 1 atom stereocenters. The van der Waals surface area contributed by atoms with Crippen LogP contribution in [0.3, 0.4) is 0 Å². The first-order valence-electron chi connectivity index (χ1n) is 6.62. The summed E-state index contributed by atoms with van der Waals surface area (Å²) in [6.07, 6.45) is 0. The van der Waals surface area contributed by atoms with E-state index in [4.69, 9.17) is 9.84 Å². The second kappa shape index (κ2) is 8.71. The number of hydrogen-bond donors (Lipinski definition) is 1. The smallest absolute Gasteiger partial charge is 0.104 e. The monoisotopic (exact) mass is 261 g/mol. The summed E-state index contributed by atoms with van der Waals surface area (Å²) in [5.74, 6) is 5.55. The van der Waals surface area contributed by atoms with E-state index in [2.05, 4.69) is 42.7 Å². The summed E-state index contributed by atoms with van der Waals surface area (Å²) in [7, 11) is 1.74. The molecule has 0 saturated heterocycles. The molecule has 1 N–H and O–H groups in total. The zero-order valence-electron chi connectivity index (χ0n) is 12.0. The second-order valence-electron chi connectivity index (χ2n) is 4.52. The summed E-state index contributed by atoms with van der Waals surface area (Å²) in [5, 5.41) is 8.65. The van der Waals surface area contributed by atoms with Gasteiger partial charge in [-0.1, -0.05) is 30.9 Å². The fourth-order valence-electron chi connectivity index (χ4n) is 2.00. The molecule has 104 valence electrons. The van der Waals surface area contributed by atoms with Gasteiger partial charge in [-0.3, -0.25) is 4.90 Å². The predicted molar refractivity (Wildman–Crippen MR) is 77.8 cm³/mol. The van der Waals surface area contributed by atoms with Crippen LogP contribution in [0.4, 0.5) is 0 Å². The summed E-state index contributed by atoms with van der Waals surface area (Å²) >= 11 is 0. The summed E-state index contributed by atoms with van der Waals surface area (Å²) in [6, 6.07) is 8.57. The number of hydrogen-bond acceptors (Lipinski definition) is 3. The SMILES string of the molecule is CCN(Cc1ccc(C#CCO)cc1)C(C)COC. The molecule has 19 heavy (non-hydrogen) atoms. The van der Waals surface area contributed by atoms with Gasteiger partial charge in [-0.25, -0.2) is 0 Å². The fraction of sp³-hybridized carbons (Fsp3) is 0.500. The average Bonchev–Trinajstić information content (AvgIpc) is 2.44. The first kappa shape index (κ1) is 15.7. The van der Waals surface area contributed by atoms with E-state index in [0.29, 0.717) is 6.04 Å². The molecule has 0 amide bonds. The standard InChI is InChI=1S/C16H23NO2/c1-4-17(14(2)13-19-3)12-16-9-7-15(8-10-16)6-5-11-18/h7-10,14,18H,4,11-13H2,1-3H3. The lowest BCUT2D eigenvalue weighted by molar-refractivity contribution is 0.0982. The van der Waals surface area contributed by atoms with Crippen LogP contribution in [0.2, 0.25) is 0 Å². The maximum atomic E-state index is 8.65. The molecule has 0 fully saturated rings. The van der Waals surface area contributed by atoms with E-state index in [1.54, 1.807) is 7.11 Å². The number of aliphatic hydroxyl groups excluding tert-OH is 1. The molecule has 0 aliphatic heterocycles. The van der Waals surface area contributed by atoms with Crippen molar-refractivity contribution in [3.63, 3.8) is 0 Å². The molecule has 0 spiro atoms. The predicted octanol–water partition coefficient (Wildman–Crippen LogP) is 1.89. The molecule has 1 unspecified atom stereocenters. The van der Waals surface area contributed by atoms with Crippen molar-refractivity contribution in [2.75, 3.05) is 26.9 Å². The van der Waals surface area contributed by atoms with E-state index < -0.39 is 0 Å². The first-order valence-corrected chi connectivity index (χ1v) is 6.62. The Bertz CT molecular complexity index is 417. The fourth-order valence-corrected chi connectivity index (χ4v) is 2.00. The Morgan fingerprint density at radius 3 is 2.53 bits per heavy atom. The van der Waals surface area contributed by atoms with Crippen molar-refractivity contribution in [3.05, 3.63) is 35.4 Å². The lowest BCUT2D eigenvalue weighted by atomic mass is 10.1. The highest BCUT2D eigenvalue weighted by atomic mass is 16.5. The van der Waals surface area contributed by atoms with Crippen LogP contribution in [0.5, 0.6) is 0 Å². The van der Waals surface area contributed by atoms with Gasteiger partial charge in [0.1, 0.15) is 6.61 Å². The minimum atomic E-state index is -0.0973. The van der Waals surface area contributed by atoms with Gasteiger partial charge in [0.2, 0.25) is 0 Å². The first-order chi connectivity index (χ1) is 9.21. The number of ether oxygens (including phenoxy) is 1. The van der Waals surface area contributed by atoms with Crippen molar-refractivity contribution < 1.29 is 9.84 Å². The van der Waals surface area contributed by atoms with Crippen LogP contribution in [0.1, 0.15) is 25.0 Å². The molecule has 0 radical (unpaired) electrons. The van der Waals surface area contributed by atoms with Gasteiger partial charge in [-0.2, -0.15) is 0 Å². The molecule has 3 heteroatoms. The number of aliphatic hydroxyl groups is 1. The lowest BCUT2D eigenvalue weighted by Crippen LogP contribution is -2.35. The minimum absolute atomic E-state index is 0.0973. The number of likely N-dealkylation sites (N-methyl/N-ethyl adjacent to an activating group) is 1. The average molecular weight is 261 g/mol. The number of nitrogens with zero attached hydrogens (tertiary/aromatic N) is 1. The van der Waals surface area contributed by atoms with Crippen molar-refractivity contribution in [3.8, 4) is 11.8 Å². The molecule has 1 rings (SSSR count). The molecule has 0 aromatic heterocycles. The molecule has 3 nitrogen and oxygen atoms in total. The second-order valence-corrected chi connectivity index (χ2v) is 4.52. The zero-order chi connectivity index (χ0) is 14.1. The van der Waals surface area contributed by atoms with Crippen LogP contribution >= 0.6 is 0 Å². The Morgan fingerprint density at radius 1 is 1.32 bits per heavy atom. The lowest BCUT2D eigenvalue weighted by Gasteiger charge is -2.27. The van der Waals surface area contributed by atoms with Gasteiger partial charge in [0.15, 0.2) is 0 Å². The zero-order valence-corrected chi connectivity index (χ0v) is 12.0. The molecular formula is C16H23NO2. The van der Waals surface area contributed by atoms with Crippen LogP contribution < -0.4 is 0 Å². The van der Waals surface area contributed by atoms with Crippen LogP contribution in [0.15, 0.2) is 24.3 Å². The summed E-state index contributed by atoms with van der Waals surface area (Å²) < 4.78 is 5.20. The van der Waals surface area contributed by atoms with Crippen molar-refractivity contribution in [1.82, 2.24) is 4.90 Å². The van der Waals surface area contributed by atoms with E-state index in [9.17, 15) is 0 Å². The Hall–Kier alpha value is -1.34. The van der Waals surface area contributed by atoms with Gasteiger partial charge in [0, 0.05) is 25.3 Å². The largest absolute Gasteiger partial charge is 0.384 e. The molecule has 0 aliphatic carbocycles. The summed E-state index contributed by atoms with van der Waals surface area (Å²) in [5.41, 5.74) is 2.20. The summed E-state index contributed by atoms with van der Waals surface area (Å²) in [4.78, 5) is 2.37. The maximum absolute atomic E-state index is 8.65. The summed E-state index contributed by atoms with van der Waals surface area (Å²) in [6.45, 7) is 6.89. The van der Waals surface area contributed by atoms with Crippen LogP contribution in [0, 0.1) is 11.8 Å². The Kier molecular flexibility index (Phi) is 7.20. The quantitative estimate of drug-likeness (QED) is 0.794. The molecule has 0 saturated carbocycles. The van der Waals surface area contributed by atoms with Gasteiger partial charge in [0.05, 0.1) is 6.61 Å². The van der Waals surface area contributed by atoms with Crippen LogP contribution in [-0.2, 0) is 11.3 Å². The number of rotatable bonds is 6. The Balaban J connectivity index is 2.65. The molecule has 0 aliphatic rings. The van der Waals surface area contributed by atoms with Gasteiger partial charge < -0.3 is 9.84 Å². The third kappa shape index (κ3) is 5.44. The molecule has 1 aromatic carbocycles. The van der Waals surface area contributed by atoms with Crippen LogP contribution in [-0.4, -0.2) is 42.9 Å². The Morgan fingerprint density at radius 2 is 2.00 bits per heavy atom. The van der Waals surface area contributed by atoms with Gasteiger partial charge in [-0.05, 0) is 31.2 Å². The van der Waals surface area contributed by atoms with Gasteiger partial charge in [0.25, 0.3) is 0 Å². The van der Waals surface area contributed by atoms with Crippen molar-refractivity contribution in [2.24, 2.45) is 0 Å². The van der Waals surface area contributed by atoms with E-state index in [-0.39, 0.29) is 6.61 Å². The van der Waals surface area contributed by atoms with E-state index in [1.165, 1.54) is 5.56 Å². The van der Waals surface area contributed by atoms with E-state index in [1.807, 2.05) is 12.1 Å². The molecular weight excluding hydrogens is 238 g/mol. The van der Waals surface area contributed by atoms with Gasteiger partial charge in [-0.15, -0.1) is 0 Å². The van der Waals surface area contributed by atoms with Crippen molar-refractivity contribution in [2.45, 2.75) is 26.4 Å². The molecule has 0 heterocycles. The van der Waals surface area contributed by atoms with E-state index >= 15 is 0 Å². The van der Waals surface area contributed by atoms with Crippen molar-refractivity contribution in [1.29, 1.82) is 0 Å². The highest BCUT2D eigenvalue weighted by molar-refractivity contribution is 5.36. The maximum Gasteiger partial charge on any atom is 0.104 e. The minimum Gasteiger partial charge on any atom is -0.384 e. The normalized spacial score (nSPS) is 12.1. The van der Waals surface area contributed by atoms with E-state index in [0.717, 1.165) is 25.3 Å². The van der Waals surface area contributed by atoms with Crippen molar-refractivity contribution >= 4 is 0 Å². The van der Waals surface area contributed by atoms with Crippen LogP contribution in [0.25, 0.3) is 0 Å². The molecule has 1 aromatic rings. The highest BCUT2D eigenvalue weighted by Gasteiger charge is 2.11. The molecule has 0 bridgehead atoms. The third-order valence-corrected chi connectivity index (χ3v) is 3.09. The third-order valence-electron chi connectivity index (χ3n) is 3.09. The number of benzene rings is 1. The topological polar surface area (TPSA) is 32.7 Å². The highest BCUT2D eigenvalue weighted by Crippen LogP contribution is 2.10. The van der Waals surface area contributed by atoms with Gasteiger partial charge >= 0.3 is 0 Å².